The number of aromatic nitrogens is 2. The fourth-order valence-electron chi connectivity index (χ4n) is 1.67. The maximum atomic E-state index is 5.93. The molecular formula is C13H13Cl2N3O. The maximum Gasteiger partial charge on any atom is 0.174 e. The molecule has 0 amide bonds. The van der Waals surface area contributed by atoms with Crippen LogP contribution in [0.3, 0.4) is 0 Å². The van der Waals surface area contributed by atoms with Crippen LogP contribution in [0.15, 0.2) is 30.3 Å². The molecule has 0 spiro atoms. The lowest BCUT2D eigenvalue weighted by atomic mass is 10.1. The second kappa shape index (κ2) is 6.70. The molecule has 0 aliphatic rings. The van der Waals surface area contributed by atoms with Gasteiger partial charge >= 0.3 is 0 Å². The van der Waals surface area contributed by atoms with Gasteiger partial charge in [-0.3, -0.25) is 0 Å². The van der Waals surface area contributed by atoms with E-state index in [0.29, 0.717) is 29.1 Å². The molecule has 2 aromatic rings. The van der Waals surface area contributed by atoms with Crippen LogP contribution < -0.4 is 5.32 Å². The highest BCUT2D eigenvalue weighted by Gasteiger charge is 2.04. The standard InChI is InChI=1S/C13H13Cl2N3O/c1-19-8-10-4-2-3-9(5-10)7-16-11-6-12(14)17-18-13(11)15/h2-6H,7-8H2,1H3,(H,16,17). The van der Waals surface area contributed by atoms with Crippen LogP contribution in [0, 0.1) is 0 Å². The molecule has 19 heavy (non-hydrogen) atoms. The average molecular weight is 298 g/mol. The van der Waals surface area contributed by atoms with E-state index in [9.17, 15) is 0 Å². The first-order valence-electron chi connectivity index (χ1n) is 5.68. The molecule has 0 saturated heterocycles. The molecule has 0 saturated carbocycles. The van der Waals surface area contributed by atoms with Crippen molar-refractivity contribution in [3.8, 4) is 0 Å². The van der Waals surface area contributed by atoms with E-state index in [4.69, 9.17) is 27.9 Å². The van der Waals surface area contributed by atoms with Crippen molar-refractivity contribution in [2.75, 3.05) is 12.4 Å². The second-order valence-corrected chi connectivity index (χ2v) is 4.72. The minimum absolute atomic E-state index is 0.303. The SMILES string of the molecule is COCc1cccc(CNc2cc(Cl)nnc2Cl)c1. The molecule has 2 rings (SSSR count). The van der Waals surface area contributed by atoms with Crippen LogP contribution in [0.1, 0.15) is 11.1 Å². The van der Waals surface area contributed by atoms with Gasteiger partial charge in [0.1, 0.15) is 0 Å². The van der Waals surface area contributed by atoms with E-state index in [2.05, 4.69) is 21.6 Å². The predicted octanol–water partition coefficient (Wildman–Crippen LogP) is 3.54. The number of anilines is 1. The Morgan fingerprint density at radius 1 is 1.16 bits per heavy atom. The number of methoxy groups -OCH3 is 1. The van der Waals surface area contributed by atoms with Crippen LogP contribution in [-0.2, 0) is 17.9 Å². The van der Waals surface area contributed by atoms with E-state index in [1.165, 1.54) is 0 Å². The fraction of sp³-hybridized carbons (Fsp3) is 0.231. The first kappa shape index (κ1) is 14.1. The number of ether oxygens (including phenoxy) is 1. The average Bonchev–Trinajstić information content (AvgIpc) is 2.41. The summed E-state index contributed by atoms with van der Waals surface area (Å²) in [4.78, 5) is 0. The lowest BCUT2D eigenvalue weighted by Crippen LogP contribution is -2.02. The van der Waals surface area contributed by atoms with E-state index < -0.39 is 0 Å². The summed E-state index contributed by atoms with van der Waals surface area (Å²) in [5, 5.41) is 11.2. The third kappa shape index (κ3) is 4.06. The Hall–Kier alpha value is -1.36. The third-order valence-corrected chi connectivity index (χ3v) is 2.97. The summed E-state index contributed by atoms with van der Waals surface area (Å²) in [6.45, 7) is 1.22. The number of nitrogens with zero attached hydrogens (tertiary/aromatic N) is 2. The molecule has 0 aliphatic heterocycles. The van der Waals surface area contributed by atoms with E-state index in [-0.39, 0.29) is 0 Å². The topological polar surface area (TPSA) is 47.0 Å². The van der Waals surface area contributed by atoms with Crippen molar-refractivity contribution in [2.45, 2.75) is 13.2 Å². The highest BCUT2D eigenvalue weighted by atomic mass is 35.5. The summed E-state index contributed by atoms with van der Waals surface area (Å²) in [6.07, 6.45) is 0. The van der Waals surface area contributed by atoms with Gasteiger partial charge in [0, 0.05) is 19.7 Å². The van der Waals surface area contributed by atoms with Crippen LogP contribution in [0.5, 0.6) is 0 Å². The first-order valence-corrected chi connectivity index (χ1v) is 6.44. The highest BCUT2D eigenvalue weighted by molar-refractivity contribution is 6.33. The van der Waals surface area contributed by atoms with Crippen molar-refractivity contribution in [1.29, 1.82) is 0 Å². The molecule has 1 heterocycles. The summed E-state index contributed by atoms with van der Waals surface area (Å²) in [6, 6.07) is 9.75. The number of rotatable bonds is 5. The summed E-state index contributed by atoms with van der Waals surface area (Å²) in [7, 11) is 1.68. The minimum Gasteiger partial charge on any atom is -0.380 e. The molecular weight excluding hydrogens is 285 g/mol. The molecule has 0 fully saturated rings. The third-order valence-electron chi connectivity index (χ3n) is 2.50. The van der Waals surface area contributed by atoms with Crippen LogP contribution in [0.4, 0.5) is 5.69 Å². The zero-order valence-corrected chi connectivity index (χ0v) is 11.9. The van der Waals surface area contributed by atoms with Crippen molar-refractivity contribution < 1.29 is 4.74 Å². The van der Waals surface area contributed by atoms with Crippen LogP contribution in [0.25, 0.3) is 0 Å². The van der Waals surface area contributed by atoms with Crippen LogP contribution in [0.2, 0.25) is 10.3 Å². The van der Waals surface area contributed by atoms with Crippen molar-refractivity contribution >= 4 is 28.9 Å². The lowest BCUT2D eigenvalue weighted by Gasteiger charge is -2.09. The van der Waals surface area contributed by atoms with Gasteiger partial charge in [0.05, 0.1) is 12.3 Å². The Labute approximate surface area is 121 Å². The normalized spacial score (nSPS) is 10.5. The van der Waals surface area contributed by atoms with Crippen molar-refractivity contribution in [3.63, 3.8) is 0 Å². The molecule has 0 atom stereocenters. The molecule has 0 unspecified atom stereocenters. The lowest BCUT2D eigenvalue weighted by molar-refractivity contribution is 0.185. The largest absolute Gasteiger partial charge is 0.380 e. The van der Waals surface area contributed by atoms with Gasteiger partial charge < -0.3 is 10.1 Å². The number of benzene rings is 1. The van der Waals surface area contributed by atoms with Gasteiger partial charge in [-0.1, -0.05) is 47.5 Å². The zero-order chi connectivity index (χ0) is 13.7. The van der Waals surface area contributed by atoms with Crippen molar-refractivity contribution in [2.24, 2.45) is 0 Å². The Bertz CT molecular complexity index is 563. The zero-order valence-electron chi connectivity index (χ0n) is 10.4. The molecule has 4 nitrogen and oxygen atoms in total. The first-order chi connectivity index (χ1) is 9.19. The number of hydrogen-bond donors (Lipinski definition) is 1. The van der Waals surface area contributed by atoms with Crippen molar-refractivity contribution in [3.05, 3.63) is 51.8 Å². The molecule has 6 heteroatoms. The second-order valence-electron chi connectivity index (χ2n) is 3.98. The van der Waals surface area contributed by atoms with Gasteiger partial charge in [0.2, 0.25) is 0 Å². The molecule has 0 bridgehead atoms. The summed E-state index contributed by atoms with van der Waals surface area (Å²) >= 11 is 11.7. The molecule has 1 aromatic carbocycles. The molecule has 1 N–H and O–H groups in total. The number of nitrogens with one attached hydrogen (secondary N) is 1. The maximum absolute atomic E-state index is 5.93. The number of halogens is 2. The summed E-state index contributed by atoms with van der Waals surface area (Å²) < 4.78 is 5.10. The molecule has 1 aromatic heterocycles. The summed E-state index contributed by atoms with van der Waals surface area (Å²) in [5.74, 6) is 0. The molecule has 0 aliphatic carbocycles. The molecule has 100 valence electrons. The van der Waals surface area contributed by atoms with Gasteiger partial charge in [-0.05, 0) is 11.1 Å². The number of hydrogen-bond acceptors (Lipinski definition) is 4. The Balaban J connectivity index is 2.05. The van der Waals surface area contributed by atoms with E-state index in [1.54, 1.807) is 13.2 Å². The van der Waals surface area contributed by atoms with Crippen LogP contribution in [-0.4, -0.2) is 17.3 Å². The van der Waals surface area contributed by atoms with Gasteiger partial charge in [0.15, 0.2) is 10.3 Å². The smallest absolute Gasteiger partial charge is 0.174 e. The quantitative estimate of drug-likeness (QED) is 0.917. The van der Waals surface area contributed by atoms with Gasteiger partial charge in [-0.15, -0.1) is 10.2 Å². The molecule has 0 radical (unpaired) electrons. The van der Waals surface area contributed by atoms with E-state index >= 15 is 0 Å². The van der Waals surface area contributed by atoms with Gasteiger partial charge in [-0.2, -0.15) is 0 Å². The minimum atomic E-state index is 0.303. The van der Waals surface area contributed by atoms with Gasteiger partial charge in [0.25, 0.3) is 0 Å². The Morgan fingerprint density at radius 2 is 1.95 bits per heavy atom. The van der Waals surface area contributed by atoms with E-state index in [1.807, 2.05) is 18.2 Å². The Kier molecular flexibility index (Phi) is 4.96. The Morgan fingerprint density at radius 3 is 2.74 bits per heavy atom. The predicted molar refractivity (Wildman–Crippen MR) is 76.5 cm³/mol. The van der Waals surface area contributed by atoms with Crippen molar-refractivity contribution in [1.82, 2.24) is 10.2 Å². The highest BCUT2D eigenvalue weighted by Crippen LogP contribution is 2.21. The monoisotopic (exact) mass is 297 g/mol. The summed E-state index contributed by atoms with van der Waals surface area (Å²) in [5.41, 5.74) is 2.91. The van der Waals surface area contributed by atoms with Gasteiger partial charge in [-0.25, -0.2) is 0 Å². The fourth-order valence-corrected chi connectivity index (χ4v) is 1.98. The van der Waals surface area contributed by atoms with E-state index in [0.717, 1.165) is 11.1 Å². The van der Waals surface area contributed by atoms with Crippen LogP contribution >= 0.6 is 23.2 Å².